The third-order valence-corrected chi connectivity index (χ3v) is 7.48. The molecular weight excluding hydrogens is 300 g/mol. The zero-order valence-electron chi connectivity index (χ0n) is 13.0. The first kappa shape index (κ1) is 16.0. The molecule has 0 bridgehead atoms. The van der Waals surface area contributed by atoms with Gasteiger partial charge >= 0.3 is 0 Å². The van der Waals surface area contributed by atoms with Gasteiger partial charge in [0.15, 0.2) is 0 Å². The Hall–Kier alpha value is -0.880. The van der Waals surface area contributed by atoms with Crippen LogP contribution in [-0.4, -0.2) is 43.5 Å². The molecule has 0 spiro atoms. The summed E-state index contributed by atoms with van der Waals surface area (Å²) in [7, 11) is -3.02. The van der Waals surface area contributed by atoms with Gasteiger partial charge in [0.2, 0.25) is 15.9 Å². The Kier molecular flexibility index (Phi) is 4.88. The monoisotopic (exact) mass is 326 g/mol. The molecular formula is C16H26N2O3S. The summed E-state index contributed by atoms with van der Waals surface area (Å²) in [5.74, 6) is 0.700. The fourth-order valence-electron chi connectivity index (χ4n) is 3.37. The Labute approximate surface area is 133 Å². The number of hydrogen-bond donors (Lipinski definition) is 1. The van der Waals surface area contributed by atoms with E-state index >= 15 is 0 Å². The van der Waals surface area contributed by atoms with Gasteiger partial charge in [0.05, 0.1) is 5.25 Å². The van der Waals surface area contributed by atoms with E-state index in [1.807, 2.05) is 0 Å². The number of carbonyl (C=O) groups excluding carboxylic acids is 1. The number of sulfonamides is 1. The average molecular weight is 326 g/mol. The summed E-state index contributed by atoms with van der Waals surface area (Å²) < 4.78 is 26.0. The molecule has 1 amide bonds. The predicted molar refractivity (Wildman–Crippen MR) is 85.7 cm³/mol. The molecule has 0 unspecified atom stereocenters. The zero-order valence-corrected chi connectivity index (χ0v) is 13.9. The molecule has 5 nitrogen and oxygen atoms in total. The minimum absolute atomic E-state index is 0.108. The summed E-state index contributed by atoms with van der Waals surface area (Å²) in [6.07, 6.45) is 10.4. The molecule has 0 radical (unpaired) electrons. The first-order valence-electron chi connectivity index (χ1n) is 8.49. The van der Waals surface area contributed by atoms with Gasteiger partial charge in [0.1, 0.15) is 0 Å². The first-order chi connectivity index (χ1) is 10.6. The Morgan fingerprint density at radius 3 is 2.41 bits per heavy atom. The Bertz CT molecular complexity index is 532. The molecule has 6 heteroatoms. The van der Waals surface area contributed by atoms with Gasteiger partial charge in [-0.3, -0.25) is 4.79 Å². The molecule has 2 aliphatic carbocycles. The van der Waals surface area contributed by atoms with Gasteiger partial charge in [-0.15, -0.1) is 0 Å². The molecule has 1 aliphatic heterocycles. The standard InChI is InChI=1S/C16H26N2O3S/c19-16(14-4-2-1-3-5-14)17-12-13-8-10-18(11-9-13)22(20,21)15-6-7-15/h1-2,13-15H,3-12H2,(H,17,19)/t14-/m1/s1. The van der Waals surface area contributed by atoms with Crippen LogP contribution < -0.4 is 5.32 Å². The van der Waals surface area contributed by atoms with Gasteiger partial charge in [0.25, 0.3) is 0 Å². The van der Waals surface area contributed by atoms with E-state index < -0.39 is 10.0 Å². The van der Waals surface area contributed by atoms with Gasteiger partial charge in [-0.1, -0.05) is 12.2 Å². The van der Waals surface area contributed by atoms with E-state index in [4.69, 9.17) is 0 Å². The second-order valence-electron chi connectivity index (χ2n) is 6.81. The highest BCUT2D eigenvalue weighted by Gasteiger charge is 2.41. The highest BCUT2D eigenvalue weighted by Crippen LogP contribution is 2.33. The van der Waals surface area contributed by atoms with Crippen molar-refractivity contribution in [3.63, 3.8) is 0 Å². The van der Waals surface area contributed by atoms with E-state index in [2.05, 4.69) is 17.5 Å². The topological polar surface area (TPSA) is 66.5 Å². The van der Waals surface area contributed by atoms with Crippen LogP contribution in [0.25, 0.3) is 0 Å². The number of rotatable bonds is 5. The van der Waals surface area contributed by atoms with Gasteiger partial charge in [-0.05, 0) is 50.9 Å². The van der Waals surface area contributed by atoms with Crippen LogP contribution in [0, 0.1) is 11.8 Å². The summed E-state index contributed by atoms with van der Waals surface area (Å²) in [6.45, 7) is 1.92. The lowest BCUT2D eigenvalue weighted by Gasteiger charge is -2.31. The fourth-order valence-corrected chi connectivity index (χ4v) is 5.24. The minimum atomic E-state index is -3.02. The average Bonchev–Trinajstić information content (AvgIpc) is 3.39. The smallest absolute Gasteiger partial charge is 0.223 e. The molecule has 1 atom stereocenters. The van der Waals surface area contributed by atoms with Crippen molar-refractivity contribution in [2.75, 3.05) is 19.6 Å². The SMILES string of the molecule is O=C(NCC1CCN(S(=O)(=O)C2CC2)CC1)[C@@H]1CC=CCC1. The van der Waals surface area contributed by atoms with Gasteiger partial charge in [0, 0.05) is 25.6 Å². The third kappa shape index (κ3) is 3.71. The quantitative estimate of drug-likeness (QED) is 0.782. The summed E-state index contributed by atoms with van der Waals surface area (Å²) in [5, 5.41) is 2.96. The molecule has 1 heterocycles. The van der Waals surface area contributed by atoms with Crippen LogP contribution in [0.4, 0.5) is 0 Å². The predicted octanol–water partition coefficient (Wildman–Crippen LogP) is 1.66. The zero-order chi connectivity index (χ0) is 15.6. The van der Waals surface area contributed by atoms with E-state index in [9.17, 15) is 13.2 Å². The molecule has 0 aromatic carbocycles. The molecule has 0 aromatic rings. The van der Waals surface area contributed by atoms with E-state index in [1.54, 1.807) is 4.31 Å². The highest BCUT2D eigenvalue weighted by molar-refractivity contribution is 7.90. The Morgan fingerprint density at radius 2 is 1.82 bits per heavy atom. The van der Waals surface area contributed by atoms with Gasteiger partial charge in [-0.25, -0.2) is 12.7 Å². The van der Waals surface area contributed by atoms with Crippen LogP contribution in [0.1, 0.15) is 44.9 Å². The highest BCUT2D eigenvalue weighted by atomic mass is 32.2. The number of carbonyl (C=O) groups is 1. The van der Waals surface area contributed by atoms with Crippen LogP contribution in [0.15, 0.2) is 12.2 Å². The van der Waals surface area contributed by atoms with Crippen LogP contribution >= 0.6 is 0 Å². The number of nitrogens with one attached hydrogen (secondary N) is 1. The largest absolute Gasteiger partial charge is 0.356 e. The fraction of sp³-hybridized carbons (Fsp3) is 0.812. The van der Waals surface area contributed by atoms with Crippen LogP contribution in [0.3, 0.4) is 0 Å². The lowest BCUT2D eigenvalue weighted by Crippen LogP contribution is -2.43. The van der Waals surface area contributed by atoms with Crippen molar-refractivity contribution < 1.29 is 13.2 Å². The maximum atomic E-state index is 12.2. The second-order valence-corrected chi connectivity index (χ2v) is 9.03. The third-order valence-electron chi connectivity index (χ3n) is 5.08. The normalized spacial score (nSPS) is 27.7. The van der Waals surface area contributed by atoms with E-state index in [-0.39, 0.29) is 17.1 Å². The van der Waals surface area contributed by atoms with Crippen LogP contribution in [0.5, 0.6) is 0 Å². The lowest BCUT2D eigenvalue weighted by atomic mass is 9.93. The Morgan fingerprint density at radius 1 is 1.09 bits per heavy atom. The van der Waals surface area contributed by atoms with E-state index in [0.29, 0.717) is 25.6 Å². The molecule has 3 rings (SSSR count). The molecule has 1 N–H and O–H groups in total. The molecule has 1 saturated heterocycles. The maximum Gasteiger partial charge on any atom is 0.223 e. The summed E-state index contributed by atoms with van der Waals surface area (Å²) >= 11 is 0. The van der Waals surface area contributed by atoms with Gasteiger partial charge in [-0.2, -0.15) is 0 Å². The van der Waals surface area contributed by atoms with Crippen LogP contribution in [0.2, 0.25) is 0 Å². The van der Waals surface area contributed by atoms with Crippen molar-refractivity contribution in [1.82, 2.24) is 9.62 Å². The Balaban J connectivity index is 1.40. The minimum Gasteiger partial charge on any atom is -0.356 e. The second kappa shape index (κ2) is 6.71. The van der Waals surface area contributed by atoms with Crippen molar-refractivity contribution in [3.8, 4) is 0 Å². The van der Waals surface area contributed by atoms with Gasteiger partial charge < -0.3 is 5.32 Å². The molecule has 0 aromatic heterocycles. The van der Waals surface area contributed by atoms with Crippen molar-refractivity contribution in [3.05, 3.63) is 12.2 Å². The van der Waals surface area contributed by atoms with Crippen molar-refractivity contribution >= 4 is 15.9 Å². The lowest BCUT2D eigenvalue weighted by molar-refractivity contribution is -0.125. The molecule has 2 fully saturated rings. The number of nitrogens with zero attached hydrogens (tertiary/aromatic N) is 1. The summed E-state index contributed by atoms with van der Waals surface area (Å²) in [6, 6.07) is 0. The molecule has 3 aliphatic rings. The maximum absolute atomic E-state index is 12.2. The number of hydrogen-bond acceptors (Lipinski definition) is 3. The summed E-state index contributed by atoms with van der Waals surface area (Å²) in [5.41, 5.74) is 0. The van der Waals surface area contributed by atoms with Crippen molar-refractivity contribution in [2.45, 2.75) is 50.2 Å². The number of piperidine rings is 1. The van der Waals surface area contributed by atoms with Crippen LogP contribution in [-0.2, 0) is 14.8 Å². The summed E-state index contributed by atoms with van der Waals surface area (Å²) in [4.78, 5) is 12.1. The van der Waals surface area contributed by atoms with Crippen molar-refractivity contribution in [1.29, 1.82) is 0 Å². The van der Waals surface area contributed by atoms with Crippen molar-refractivity contribution in [2.24, 2.45) is 11.8 Å². The van der Waals surface area contributed by atoms with E-state index in [0.717, 1.165) is 44.9 Å². The first-order valence-corrected chi connectivity index (χ1v) is 9.99. The van der Waals surface area contributed by atoms with E-state index in [1.165, 1.54) is 0 Å². The number of allylic oxidation sites excluding steroid dienone is 2. The molecule has 1 saturated carbocycles. The molecule has 22 heavy (non-hydrogen) atoms. The molecule has 124 valence electrons. The number of amides is 1.